The van der Waals surface area contributed by atoms with Gasteiger partial charge in [-0.05, 0) is 36.4 Å². The first-order valence-corrected chi connectivity index (χ1v) is 14.6. The van der Waals surface area contributed by atoms with Crippen LogP contribution in [-0.4, -0.2) is 54.6 Å². The number of ether oxygens (including phenoxy) is 1. The molecule has 1 aromatic heterocycles. The Hall–Kier alpha value is -4.41. The van der Waals surface area contributed by atoms with Crippen LogP contribution in [0.25, 0.3) is 10.9 Å². The minimum absolute atomic E-state index is 0.00870. The molecule has 1 unspecified atom stereocenters. The van der Waals surface area contributed by atoms with Gasteiger partial charge in [-0.3, -0.25) is 4.79 Å². The number of hydrogen-bond donors (Lipinski definition) is 1. The van der Waals surface area contributed by atoms with E-state index in [1.807, 2.05) is 18.2 Å². The van der Waals surface area contributed by atoms with E-state index in [2.05, 4.69) is 0 Å². The monoisotopic (exact) mass is 619 g/mol. The van der Waals surface area contributed by atoms with Gasteiger partial charge in [0.15, 0.2) is 0 Å². The Balaban J connectivity index is 1.80. The van der Waals surface area contributed by atoms with Crippen LogP contribution in [0.4, 0.5) is 0 Å². The number of aliphatic hydroxyl groups is 1. The number of hydrogen-bond acceptors (Lipinski definition) is 8. The lowest BCUT2D eigenvalue weighted by Crippen LogP contribution is -2.40. The van der Waals surface area contributed by atoms with E-state index < -0.39 is 22.0 Å². The Morgan fingerprint density at radius 3 is 2.24 bits per heavy atom. The van der Waals surface area contributed by atoms with E-state index >= 15 is 0 Å². The van der Waals surface area contributed by atoms with Gasteiger partial charge in [0, 0.05) is 29.1 Å². The molecule has 1 aliphatic rings. The number of nitrogens with zero attached hydrogens (tertiary/aromatic N) is 5. The van der Waals surface area contributed by atoms with Crippen LogP contribution in [0, 0.1) is 34.0 Å². The third-order valence-electron chi connectivity index (χ3n) is 6.93. The van der Waals surface area contributed by atoms with Gasteiger partial charge >= 0.3 is 0 Å². The summed E-state index contributed by atoms with van der Waals surface area (Å²) in [6.07, 6.45) is -1.82. The maximum atomic E-state index is 14.1. The van der Waals surface area contributed by atoms with Crippen molar-refractivity contribution in [2.24, 2.45) is 0 Å². The Kier molecular flexibility index (Phi) is 7.94. The highest BCUT2D eigenvalue weighted by Crippen LogP contribution is 2.41. The molecule has 0 bridgehead atoms. The summed E-state index contributed by atoms with van der Waals surface area (Å²) in [5, 5.41) is 40.9. The van der Waals surface area contributed by atoms with Crippen LogP contribution in [0.2, 0.25) is 10.0 Å². The predicted octanol–water partition coefficient (Wildman–Crippen LogP) is 4.35. The lowest BCUT2D eigenvalue weighted by atomic mass is 9.98. The van der Waals surface area contributed by atoms with Crippen molar-refractivity contribution in [3.8, 4) is 18.2 Å². The zero-order valence-electron chi connectivity index (χ0n) is 21.6. The van der Waals surface area contributed by atoms with Crippen molar-refractivity contribution in [1.29, 1.82) is 15.8 Å². The third kappa shape index (κ3) is 4.76. The van der Waals surface area contributed by atoms with E-state index in [9.17, 15) is 34.1 Å². The SMILES string of the molecule is N#Cc1cc2c(cc(C(O)c3c(Cl)ccc(C(=O)N4CCOCC4)c3Cl)n2S(=O)(=O)c2ccccc2)c(C#N)c1C#N. The molecule has 210 valence electrons. The molecule has 0 spiro atoms. The lowest BCUT2D eigenvalue weighted by Gasteiger charge is -2.28. The van der Waals surface area contributed by atoms with E-state index in [0.717, 1.165) is 3.97 Å². The van der Waals surface area contributed by atoms with Gasteiger partial charge in [-0.1, -0.05) is 41.4 Å². The molecule has 1 saturated heterocycles. The first-order valence-electron chi connectivity index (χ1n) is 12.4. The van der Waals surface area contributed by atoms with E-state index in [1.165, 1.54) is 53.4 Å². The fraction of sp³-hybridized carbons (Fsp3) is 0.172. The molecule has 2 heterocycles. The van der Waals surface area contributed by atoms with Crippen LogP contribution in [0.3, 0.4) is 0 Å². The third-order valence-corrected chi connectivity index (χ3v) is 9.42. The molecule has 13 heteroatoms. The molecular formula is C29H19Cl2N5O5S. The minimum Gasteiger partial charge on any atom is -0.382 e. The van der Waals surface area contributed by atoms with E-state index in [0.29, 0.717) is 26.3 Å². The molecule has 1 N–H and O–H groups in total. The molecule has 4 aromatic rings. The summed E-state index contributed by atoms with van der Waals surface area (Å²) in [7, 11) is -4.47. The number of carbonyl (C=O) groups is 1. The van der Waals surface area contributed by atoms with Gasteiger partial charge in [-0.2, -0.15) is 15.8 Å². The van der Waals surface area contributed by atoms with Crippen molar-refractivity contribution >= 4 is 50.0 Å². The van der Waals surface area contributed by atoms with Crippen molar-refractivity contribution in [1.82, 2.24) is 8.87 Å². The van der Waals surface area contributed by atoms with Gasteiger partial charge in [0.05, 0.1) is 56.6 Å². The van der Waals surface area contributed by atoms with Crippen LogP contribution < -0.4 is 0 Å². The van der Waals surface area contributed by atoms with Gasteiger partial charge in [-0.15, -0.1) is 0 Å². The van der Waals surface area contributed by atoms with Gasteiger partial charge in [-0.25, -0.2) is 12.4 Å². The smallest absolute Gasteiger partial charge is 0.268 e. The first-order chi connectivity index (χ1) is 20.1. The largest absolute Gasteiger partial charge is 0.382 e. The summed E-state index contributed by atoms with van der Waals surface area (Å²) < 4.78 is 34.2. The average molecular weight is 620 g/mol. The van der Waals surface area contributed by atoms with Crippen molar-refractivity contribution in [3.63, 3.8) is 0 Å². The maximum absolute atomic E-state index is 14.1. The fourth-order valence-corrected chi connectivity index (χ4v) is 7.10. The number of morpholine rings is 1. The highest BCUT2D eigenvalue weighted by molar-refractivity contribution is 7.90. The van der Waals surface area contributed by atoms with Gasteiger partial charge in [0.2, 0.25) is 0 Å². The number of aliphatic hydroxyl groups excluding tert-OH is 1. The Labute approximate surface area is 250 Å². The zero-order valence-corrected chi connectivity index (χ0v) is 23.9. The molecule has 1 fully saturated rings. The number of fused-ring (bicyclic) bond motifs is 1. The number of amides is 1. The van der Waals surface area contributed by atoms with Crippen LogP contribution in [0.1, 0.15) is 44.4 Å². The van der Waals surface area contributed by atoms with Crippen molar-refractivity contribution < 1.29 is 23.1 Å². The molecule has 0 aliphatic carbocycles. The highest BCUT2D eigenvalue weighted by Gasteiger charge is 2.33. The molecule has 0 radical (unpaired) electrons. The lowest BCUT2D eigenvalue weighted by molar-refractivity contribution is 0.0303. The second kappa shape index (κ2) is 11.5. The molecule has 1 atom stereocenters. The van der Waals surface area contributed by atoms with Crippen LogP contribution >= 0.6 is 23.2 Å². The van der Waals surface area contributed by atoms with Crippen LogP contribution in [-0.2, 0) is 14.8 Å². The number of nitriles is 3. The van der Waals surface area contributed by atoms with Crippen molar-refractivity contribution in [2.75, 3.05) is 26.3 Å². The second-order valence-corrected chi connectivity index (χ2v) is 11.8. The quantitative estimate of drug-likeness (QED) is 0.345. The fourth-order valence-electron chi connectivity index (χ4n) is 4.89. The average Bonchev–Trinajstić information content (AvgIpc) is 3.40. The molecule has 0 saturated carbocycles. The molecule has 1 amide bonds. The topological polar surface area (TPSA) is 160 Å². The number of aromatic nitrogens is 1. The van der Waals surface area contributed by atoms with E-state index in [1.54, 1.807) is 6.07 Å². The summed E-state index contributed by atoms with van der Waals surface area (Å²) in [6, 6.07) is 18.1. The summed E-state index contributed by atoms with van der Waals surface area (Å²) in [5.74, 6) is -0.421. The van der Waals surface area contributed by atoms with E-state index in [4.69, 9.17) is 27.9 Å². The van der Waals surface area contributed by atoms with Gasteiger partial charge < -0.3 is 14.7 Å². The Bertz CT molecular complexity index is 1980. The van der Waals surface area contributed by atoms with Crippen LogP contribution in [0.5, 0.6) is 0 Å². The summed E-state index contributed by atoms with van der Waals surface area (Å²) in [6.45, 7) is 1.36. The molecule has 3 aromatic carbocycles. The highest BCUT2D eigenvalue weighted by atomic mass is 35.5. The number of halogens is 2. The van der Waals surface area contributed by atoms with Gasteiger partial charge in [0.1, 0.15) is 24.3 Å². The molecule has 1 aliphatic heterocycles. The number of rotatable bonds is 5. The minimum atomic E-state index is -4.47. The van der Waals surface area contributed by atoms with Gasteiger partial charge in [0.25, 0.3) is 15.9 Å². The Morgan fingerprint density at radius 2 is 1.62 bits per heavy atom. The number of carbonyl (C=O) groups excluding carboxylic acids is 1. The summed E-state index contributed by atoms with van der Waals surface area (Å²) in [4.78, 5) is 14.7. The molecule has 42 heavy (non-hydrogen) atoms. The molecule has 10 nitrogen and oxygen atoms in total. The first kappa shape index (κ1) is 29.1. The normalized spacial score (nSPS) is 14.1. The van der Waals surface area contributed by atoms with Crippen molar-refractivity contribution in [2.45, 2.75) is 11.0 Å². The van der Waals surface area contributed by atoms with E-state index in [-0.39, 0.29) is 59.4 Å². The number of benzene rings is 3. The molecular weight excluding hydrogens is 601 g/mol. The Morgan fingerprint density at radius 1 is 0.952 bits per heavy atom. The zero-order chi connectivity index (χ0) is 30.2. The maximum Gasteiger partial charge on any atom is 0.268 e. The predicted molar refractivity (Wildman–Crippen MR) is 152 cm³/mol. The summed E-state index contributed by atoms with van der Waals surface area (Å²) >= 11 is 13.2. The molecule has 5 rings (SSSR count). The standard InChI is InChI=1S/C29H19Cl2N5O5S/c30-23-7-6-19(29(38)35-8-10-41-11-9-35)27(31)26(23)28(37)25-13-20-22(16-34)21(15-33)17(14-32)12-24(20)36(25)42(39,40)18-4-2-1-3-5-18/h1-7,12-13,28,37H,8-11H2. The second-order valence-electron chi connectivity index (χ2n) is 9.22. The summed E-state index contributed by atoms with van der Waals surface area (Å²) in [5.41, 5.74) is -1.19. The van der Waals surface area contributed by atoms with Crippen LogP contribution in [0.15, 0.2) is 59.5 Å². The van der Waals surface area contributed by atoms with Crippen molar-refractivity contribution in [3.05, 3.63) is 98.2 Å².